The summed E-state index contributed by atoms with van der Waals surface area (Å²) in [6.07, 6.45) is -0.141. The van der Waals surface area contributed by atoms with Crippen LogP contribution >= 0.6 is 11.6 Å². The van der Waals surface area contributed by atoms with E-state index in [1.807, 2.05) is 0 Å². The van der Waals surface area contributed by atoms with Crippen molar-refractivity contribution in [1.29, 1.82) is 0 Å². The van der Waals surface area contributed by atoms with Gasteiger partial charge in [0.2, 0.25) is 10.0 Å². The highest BCUT2D eigenvalue weighted by Gasteiger charge is 2.16. The summed E-state index contributed by atoms with van der Waals surface area (Å²) in [5.41, 5.74) is 0. The Bertz CT molecular complexity index is 291. The smallest absolute Gasteiger partial charge is 0.306 e. The van der Waals surface area contributed by atoms with E-state index in [1.54, 1.807) is 13.8 Å². The zero-order valence-electron chi connectivity index (χ0n) is 8.82. The fraction of sp³-hybridized carbons (Fsp3) is 0.875. The number of rotatable bonds is 7. The average molecular weight is 258 g/mol. The third kappa shape index (κ3) is 7.58. The molecule has 0 fully saturated rings. The van der Waals surface area contributed by atoms with Crippen LogP contribution in [-0.4, -0.2) is 38.7 Å². The lowest BCUT2D eigenvalue weighted by Crippen LogP contribution is -2.36. The molecular weight excluding hydrogens is 242 g/mol. The standard InChI is InChI=1S/C8H16ClNO4S/c1-3-14-8(11)4-5-15(12,13)10-7(2)6-9/h7,10H,3-6H2,1-2H3. The van der Waals surface area contributed by atoms with Crippen LogP contribution in [0.3, 0.4) is 0 Å². The number of hydrogen-bond donors (Lipinski definition) is 1. The molecular formula is C8H16ClNO4S. The molecule has 1 N–H and O–H groups in total. The molecule has 1 unspecified atom stereocenters. The molecule has 0 saturated carbocycles. The van der Waals surface area contributed by atoms with Crippen LogP contribution in [0.1, 0.15) is 20.3 Å². The van der Waals surface area contributed by atoms with Crippen LogP contribution in [0, 0.1) is 0 Å². The molecule has 5 nitrogen and oxygen atoms in total. The molecule has 0 radical (unpaired) electrons. The fourth-order valence-electron chi connectivity index (χ4n) is 0.848. The van der Waals surface area contributed by atoms with Crippen molar-refractivity contribution >= 4 is 27.6 Å². The molecule has 0 heterocycles. The van der Waals surface area contributed by atoms with E-state index >= 15 is 0 Å². The summed E-state index contributed by atoms with van der Waals surface area (Å²) < 4.78 is 29.6. The van der Waals surface area contributed by atoms with E-state index in [1.165, 1.54) is 0 Å². The highest BCUT2D eigenvalue weighted by Crippen LogP contribution is 1.96. The quantitative estimate of drug-likeness (QED) is 0.532. The van der Waals surface area contributed by atoms with Gasteiger partial charge in [-0.3, -0.25) is 4.79 Å². The molecule has 0 aliphatic rings. The first kappa shape index (κ1) is 14.7. The van der Waals surface area contributed by atoms with Crippen LogP contribution in [0.15, 0.2) is 0 Å². The van der Waals surface area contributed by atoms with Crippen molar-refractivity contribution < 1.29 is 17.9 Å². The number of esters is 1. The molecule has 0 aromatic rings. The Morgan fingerprint density at radius 3 is 2.60 bits per heavy atom. The number of carbonyl (C=O) groups excluding carboxylic acids is 1. The van der Waals surface area contributed by atoms with Crippen LogP contribution in [-0.2, 0) is 19.6 Å². The van der Waals surface area contributed by atoms with Crippen molar-refractivity contribution in [3.63, 3.8) is 0 Å². The first-order valence-electron chi connectivity index (χ1n) is 4.63. The Hall–Kier alpha value is -0.330. The van der Waals surface area contributed by atoms with Gasteiger partial charge < -0.3 is 4.74 Å². The molecule has 1 atom stereocenters. The Kier molecular flexibility index (Phi) is 6.87. The highest BCUT2D eigenvalue weighted by atomic mass is 35.5. The van der Waals surface area contributed by atoms with Crippen molar-refractivity contribution in [2.45, 2.75) is 26.3 Å². The summed E-state index contributed by atoms with van der Waals surface area (Å²) in [7, 11) is -3.44. The minimum Gasteiger partial charge on any atom is -0.466 e. The van der Waals surface area contributed by atoms with Gasteiger partial charge in [0.05, 0.1) is 18.8 Å². The molecule has 0 aliphatic heterocycles. The zero-order valence-corrected chi connectivity index (χ0v) is 10.4. The lowest BCUT2D eigenvalue weighted by atomic mass is 10.4. The lowest BCUT2D eigenvalue weighted by Gasteiger charge is -2.10. The van der Waals surface area contributed by atoms with Gasteiger partial charge in [0, 0.05) is 11.9 Å². The predicted molar refractivity (Wildman–Crippen MR) is 58.4 cm³/mol. The largest absolute Gasteiger partial charge is 0.466 e. The van der Waals surface area contributed by atoms with Gasteiger partial charge in [-0.2, -0.15) is 0 Å². The molecule has 0 aromatic carbocycles. The SMILES string of the molecule is CCOC(=O)CCS(=O)(=O)NC(C)CCl. The maximum Gasteiger partial charge on any atom is 0.306 e. The summed E-state index contributed by atoms with van der Waals surface area (Å²) >= 11 is 5.45. The maximum absolute atomic E-state index is 11.3. The molecule has 90 valence electrons. The third-order valence-corrected chi connectivity index (χ3v) is 3.46. The number of carbonyl (C=O) groups is 1. The van der Waals surface area contributed by atoms with Gasteiger partial charge in [-0.05, 0) is 13.8 Å². The average Bonchev–Trinajstić information content (AvgIpc) is 2.15. The topological polar surface area (TPSA) is 72.5 Å². The maximum atomic E-state index is 11.3. The molecule has 0 bridgehead atoms. The van der Waals surface area contributed by atoms with Crippen LogP contribution in [0.25, 0.3) is 0 Å². The molecule has 15 heavy (non-hydrogen) atoms. The van der Waals surface area contributed by atoms with Crippen LogP contribution < -0.4 is 4.72 Å². The van der Waals surface area contributed by atoms with Gasteiger partial charge in [-0.1, -0.05) is 0 Å². The van der Waals surface area contributed by atoms with Gasteiger partial charge >= 0.3 is 5.97 Å². The van der Waals surface area contributed by atoms with E-state index in [2.05, 4.69) is 9.46 Å². The number of hydrogen-bond acceptors (Lipinski definition) is 4. The Labute approximate surface area is 95.2 Å². The van der Waals surface area contributed by atoms with Crippen molar-refractivity contribution in [3.8, 4) is 0 Å². The van der Waals surface area contributed by atoms with Gasteiger partial charge in [0.15, 0.2) is 0 Å². The van der Waals surface area contributed by atoms with Gasteiger partial charge in [-0.15, -0.1) is 11.6 Å². The molecule has 0 spiro atoms. The van der Waals surface area contributed by atoms with Gasteiger partial charge in [-0.25, -0.2) is 13.1 Å². The minimum atomic E-state index is -3.44. The normalized spacial score (nSPS) is 13.5. The molecule has 0 amide bonds. The van der Waals surface area contributed by atoms with Gasteiger partial charge in [0.1, 0.15) is 0 Å². The molecule has 7 heteroatoms. The summed E-state index contributed by atoms with van der Waals surface area (Å²) in [4.78, 5) is 10.9. The summed E-state index contributed by atoms with van der Waals surface area (Å²) in [5, 5.41) is 0. The highest BCUT2D eigenvalue weighted by molar-refractivity contribution is 7.89. The number of nitrogens with one attached hydrogen (secondary N) is 1. The summed E-state index contributed by atoms with van der Waals surface area (Å²) in [6.45, 7) is 3.57. The van der Waals surface area contributed by atoms with E-state index < -0.39 is 16.0 Å². The van der Waals surface area contributed by atoms with Crippen molar-refractivity contribution in [2.24, 2.45) is 0 Å². The van der Waals surface area contributed by atoms with Crippen LogP contribution in [0.4, 0.5) is 0 Å². The molecule has 0 rings (SSSR count). The minimum absolute atomic E-state index is 0.141. The van der Waals surface area contributed by atoms with E-state index in [0.29, 0.717) is 0 Å². The third-order valence-electron chi connectivity index (χ3n) is 1.49. The Morgan fingerprint density at radius 2 is 2.13 bits per heavy atom. The fourth-order valence-corrected chi connectivity index (χ4v) is 2.27. The molecule has 0 aromatic heterocycles. The van der Waals surface area contributed by atoms with E-state index in [-0.39, 0.29) is 30.7 Å². The van der Waals surface area contributed by atoms with E-state index in [0.717, 1.165) is 0 Å². The molecule has 0 aliphatic carbocycles. The predicted octanol–water partition coefficient (Wildman–Crippen LogP) is 0.486. The van der Waals surface area contributed by atoms with Crippen molar-refractivity contribution in [1.82, 2.24) is 4.72 Å². The van der Waals surface area contributed by atoms with E-state index in [9.17, 15) is 13.2 Å². The van der Waals surface area contributed by atoms with Crippen LogP contribution in [0.2, 0.25) is 0 Å². The monoisotopic (exact) mass is 257 g/mol. The first-order chi connectivity index (χ1) is 6.91. The number of sulfonamides is 1. The van der Waals surface area contributed by atoms with Crippen molar-refractivity contribution in [3.05, 3.63) is 0 Å². The van der Waals surface area contributed by atoms with Crippen LogP contribution in [0.5, 0.6) is 0 Å². The zero-order chi connectivity index (χ0) is 11.9. The second kappa shape index (κ2) is 7.03. The second-order valence-electron chi connectivity index (χ2n) is 3.05. The summed E-state index contributed by atoms with van der Waals surface area (Å²) in [5.74, 6) is -0.590. The Morgan fingerprint density at radius 1 is 1.53 bits per heavy atom. The molecule has 0 saturated heterocycles. The van der Waals surface area contributed by atoms with E-state index in [4.69, 9.17) is 11.6 Å². The lowest BCUT2D eigenvalue weighted by molar-refractivity contribution is -0.142. The first-order valence-corrected chi connectivity index (χ1v) is 6.81. The second-order valence-corrected chi connectivity index (χ2v) is 5.23. The summed E-state index contributed by atoms with van der Waals surface area (Å²) in [6, 6.07) is -0.334. The van der Waals surface area contributed by atoms with Gasteiger partial charge in [0.25, 0.3) is 0 Å². The van der Waals surface area contributed by atoms with Crippen molar-refractivity contribution in [2.75, 3.05) is 18.2 Å². The number of ether oxygens (including phenoxy) is 1. The number of halogens is 1. The Balaban J connectivity index is 3.99. The number of alkyl halides is 1.